The maximum Gasteiger partial charge on any atom is 0.239 e. The van der Waals surface area contributed by atoms with Gasteiger partial charge < -0.3 is 15.6 Å². The Morgan fingerprint density at radius 1 is 1.53 bits per heavy atom. The fraction of sp³-hybridized carbons (Fsp3) is 0.778. The summed E-state index contributed by atoms with van der Waals surface area (Å²) in [5.74, 6) is 4.63. The molecule has 0 heterocycles. The topological polar surface area (TPSA) is 111 Å². The molecule has 88 valence electrons. The van der Waals surface area contributed by atoms with Gasteiger partial charge in [0.15, 0.2) is 0 Å². The minimum Gasteiger partial charge on any atom is -0.385 e. The lowest BCUT2D eigenvalue weighted by Gasteiger charge is -2.21. The van der Waals surface area contributed by atoms with Crippen LogP contribution in [0.1, 0.15) is 20.3 Å². The number of rotatable bonds is 6. The third-order valence-corrected chi connectivity index (χ3v) is 2.04. The molecule has 0 saturated heterocycles. The Kier molecular flexibility index (Phi) is 6.07. The maximum absolute atomic E-state index is 11.5. The average molecular weight is 218 g/mol. The molecule has 15 heavy (non-hydrogen) atoms. The molecule has 0 aromatic carbocycles. The number of hydrogen-bond donors (Lipinski definition) is 3. The molecule has 6 nitrogen and oxygen atoms in total. The van der Waals surface area contributed by atoms with Crippen LogP contribution in [0.15, 0.2) is 0 Å². The lowest BCUT2D eigenvalue weighted by molar-refractivity contribution is -0.384. The summed E-state index contributed by atoms with van der Waals surface area (Å²) in [6.45, 7) is 3.41. The summed E-state index contributed by atoms with van der Waals surface area (Å²) in [5.41, 5.74) is 3.49. The van der Waals surface area contributed by atoms with E-state index >= 15 is 0 Å². The average Bonchev–Trinajstić information content (AvgIpc) is 2.15. The lowest BCUT2D eigenvalue weighted by atomic mass is 10.0. The number of carbonyl (C=O) groups is 2. The highest BCUT2D eigenvalue weighted by Gasteiger charge is 2.21. The van der Waals surface area contributed by atoms with Gasteiger partial charge in [0.1, 0.15) is 18.4 Å². The molecule has 0 aromatic rings. The van der Waals surface area contributed by atoms with Crippen molar-refractivity contribution >= 4 is 11.7 Å². The number of Topliss-reactive ketones (excluding diaryl/α,β-unsaturated/α-hetero) is 1. The number of quaternary nitrogens is 1. The first-order valence-corrected chi connectivity index (χ1v) is 4.91. The van der Waals surface area contributed by atoms with Crippen molar-refractivity contribution in [1.82, 2.24) is 5.01 Å². The van der Waals surface area contributed by atoms with Gasteiger partial charge in [-0.1, -0.05) is 6.92 Å². The van der Waals surface area contributed by atoms with E-state index in [1.807, 2.05) is 0 Å². The van der Waals surface area contributed by atoms with Crippen molar-refractivity contribution in [3.63, 3.8) is 0 Å². The second kappa shape index (κ2) is 6.49. The van der Waals surface area contributed by atoms with Gasteiger partial charge in [0, 0.05) is 12.3 Å². The van der Waals surface area contributed by atoms with Gasteiger partial charge in [-0.2, -0.15) is 0 Å². The summed E-state index contributed by atoms with van der Waals surface area (Å²) in [6.07, 6.45) is -0.545. The number of hydrazine groups is 1. The molecule has 2 unspecified atom stereocenters. The zero-order valence-corrected chi connectivity index (χ0v) is 9.27. The Morgan fingerprint density at radius 2 is 2.07 bits per heavy atom. The molecule has 0 saturated carbocycles. The largest absolute Gasteiger partial charge is 0.385 e. The predicted molar refractivity (Wildman–Crippen MR) is 54.1 cm³/mol. The van der Waals surface area contributed by atoms with Gasteiger partial charge in [-0.15, -0.1) is 0 Å². The summed E-state index contributed by atoms with van der Waals surface area (Å²) < 4.78 is 0. The molecule has 6 heteroatoms. The van der Waals surface area contributed by atoms with E-state index in [0.29, 0.717) is 6.54 Å². The van der Waals surface area contributed by atoms with Crippen LogP contribution in [0.25, 0.3) is 0 Å². The van der Waals surface area contributed by atoms with Crippen molar-refractivity contribution < 1.29 is 20.4 Å². The van der Waals surface area contributed by atoms with Crippen LogP contribution in [0.5, 0.6) is 0 Å². The van der Waals surface area contributed by atoms with Crippen LogP contribution in [-0.4, -0.2) is 41.0 Å². The first-order valence-electron chi connectivity index (χ1n) is 4.91. The minimum absolute atomic E-state index is 0.0462. The fourth-order valence-corrected chi connectivity index (χ4v) is 1.21. The molecule has 0 bridgehead atoms. The third kappa shape index (κ3) is 5.46. The van der Waals surface area contributed by atoms with Crippen LogP contribution < -0.4 is 11.6 Å². The summed E-state index contributed by atoms with van der Waals surface area (Å²) in [4.78, 5) is 22.3. The second-order valence-electron chi connectivity index (χ2n) is 3.74. The van der Waals surface area contributed by atoms with Gasteiger partial charge in [-0.05, 0) is 6.92 Å². The Labute approximate surface area is 89.2 Å². The molecule has 0 fully saturated rings. The zero-order valence-electron chi connectivity index (χ0n) is 9.27. The van der Waals surface area contributed by atoms with Crippen molar-refractivity contribution in [2.24, 2.45) is 11.8 Å². The van der Waals surface area contributed by atoms with Crippen molar-refractivity contribution in [2.75, 3.05) is 13.1 Å². The highest BCUT2D eigenvalue weighted by Crippen LogP contribution is 2.05. The number of aliphatic hydroxyl groups excluding tert-OH is 1. The highest BCUT2D eigenvalue weighted by molar-refractivity contribution is 5.85. The molecule has 0 aliphatic heterocycles. The van der Waals surface area contributed by atoms with E-state index < -0.39 is 12.0 Å². The minimum atomic E-state index is -0.719. The lowest BCUT2D eigenvalue weighted by Crippen LogP contribution is -2.59. The predicted octanol–water partition coefficient (Wildman–Crippen LogP) is -2.09. The van der Waals surface area contributed by atoms with E-state index in [2.05, 4.69) is 5.73 Å². The Hall–Kier alpha value is -0.980. The van der Waals surface area contributed by atoms with Crippen molar-refractivity contribution in [3.05, 3.63) is 0 Å². The zero-order chi connectivity index (χ0) is 12.0. The molecule has 0 aliphatic carbocycles. The van der Waals surface area contributed by atoms with Crippen LogP contribution in [0.2, 0.25) is 0 Å². The smallest absolute Gasteiger partial charge is 0.239 e. The summed E-state index contributed by atoms with van der Waals surface area (Å²) >= 11 is 0. The van der Waals surface area contributed by atoms with Crippen LogP contribution in [0.4, 0.5) is 0 Å². The first kappa shape index (κ1) is 14.0. The van der Waals surface area contributed by atoms with Gasteiger partial charge in [-0.25, -0.2) is 5.84 Å². The molecular formula is C9H20N3O3+. The SMILES string of the molecule is CC(=O)CC(C)C(=O)N(N)CC(O)C[NH3+]. The van der Waals surface area contributed by atoms with Crippen LogP contribution in [-0.2, 0) is 9.59 Å². The molecule has 0 aromatic heterocycles. The number of amides is 1. The number of carbonyl (C=O) groups excluding carboxylic acids is 2. The number of aliphatic hydroxyl groups is 1. The molecule has 0 rings (SSSR count). The molecular weight excluding hydrogens is 198 g/mol. The van der Waals surface area contributed by atoms with E-state index in [1.54, 1.807) is 6.92 Å². The van der Waals surface area contributed by atoms with Gasteiger partial charge >= 0.3 is 0 Å². The van der Waals surface area contributed by atoms with E-state index in [-0.39, 0.29) is 24.7 Å². The number of ketones is 1. The third-order valence-electron chi connectivity index (χ3n) is 2.04. The molecule has 6 N–H and O–H groups in total. The van der Waals surface area contributed by atoms with Crippen molar-refractivity contribution in [2.45, 2.75) is 26.4 Å². The van der Waals surface area contributed by atoms with E-state index in [4.69, 9.17) is 5.84 Å². The van der Waals surface area contributed by atoms with Gasteiger partial charge in [-0.3, -0.25) is 9.80 Å². The van der Waals surface area contributed by atoms with E-state index in [9.17, 15) is 14.7 Å². The Balaban J connectivity index is 4.13. The summed E-state index contributed by atoms with van der Waals surface area (Å²) in [6, 6.07) is 0. The second-order valence-corrected chi connectivity index (χ2v) is 3.74. The number of nitrogens with two attached hydrogens (primary N) is 1. The van der Waals surface area contributed by atoms with E-state index in [0.717, 1.165) is 5.01 Å². The Bertz CT molecular complexity index is 233. The van der Waals surface area contributed by atoms with Gasteiger partial charge in [0.2, 0.25) is 5.91 Å². The summed E-state index contributed by atoms with van der Waals surface area (Å²) in [5, 5.41) is 10.2. The van der Waals surface area contributed by atoms with Crippen molar-refractivity contribution in [1.29, 1.82) is 0 Å². The molecule has 0 aliphatic rings. The number of hydrogen-bond acceptors (Lipinski definition) is 4. The molecule has 2 atom stereocenters. The molecule has 0 spiro atoms. The highest BCUT2D eigenvalue weighted by atomic mass is 16.3. The molecule has 1 amide bonds. The van der Waals surface area contributed by atoms with Gasteiger partial charge in [0.05, 0.1) is 6.54 Å². The monoisotopic (exact) mass is 218 g/mol. The quantitative estimate of drug-likeness (QED) is 0.269. The summed E-state index contributed by atoms with van der Waals surface area (Å²) in [7, 11) is 0. The fourth-order valence-electron chi connectivity index (χ4n) is 1.21. The van der Waals surface area contributed by atoms with Crippen LogP contribution in [0.3, 0.4) is 0 Å². The standard InChI is InChI=1S/C9H19N3O3/c1-6(3-7(2)13)9(15)12(11)5-8(14)4-10/h6,8,14H,3-5,10-11H2,1-2H3/p+1. The normalized spacial score (nSPS) is 14.5. The van der Waals surface area contributed by atoms with Crippen LogP contribution in [0, 0.1) is 5.92 Å². The Morgan fingerprint density at radius 3 is 2.47 bits per heavy atom. The van der Waals surface area contributed by atoms with Crippen molar-refractivity contribution in [3.8, 4) is 0 Å². The molecule has 0 radical (unpaired) electrons. The number of nitrogens with zero attached hydrogens (tertiary/aromatic N) is 1. The van der Waals surface area contributed by atoms with E-state index in [1.165, 1.54) is 6.92 Å². The maximum atomic E-state index is 11.5. The van der Waals surface area contributed by atoms with Gasteiger partial charge in [0.25, 0.3) is 0 Å². The first-order chi connectivity index (χ1) is 6.88. The van der Waals surface area contributed by atoms with Crippen LogP contribution >= 0.6 is 0 Å².